The standard InChI is InChI=1S/C12H22N2O4/c1-2-9-4-3-6-14(8-9)12(18)13-10(5-7-15)11(16)17/h9-10,15H,2-8H2,1H3,(H,13,18)(H,16,17)/t9?,10-/m1/s1. The lowest BCUT2D eigenvalue weighted by Crippen LogP contribution is -2.51. The van der Waals surface area contributed by atoms with Crippen molar-refractivity contribution in [1.82, 2.24) is 10.2 Å². The Morgan fingerprint density at radius 3 is 2.78 bits per heavy atom. The summed E-state index contributed by atoms with van der Waals surface area (Å²) < 4.78 is 0. The first-order valence-corrected chi connectivity index (χ1v) is 6.47. The molecule has 0 aromatic rings. The van der Waals surface area contributed by atoms with Crippen LogP contribution >= 0.6 is 0 Å². The summed E-state index contributed by atoms with van der Waals surface area (Å²) in [5, 5.41) is 20.1. The van der Waals surface area contributed by atoms with Gasteiger partial charge in [-0.25, -0.2) is 9.59 Å². The summed E-state index contributed by atoms with van der Waals surface area (Å²) in [4.78, 5) is 24.5. The van der Waals surface area contributed by atoms with Crippen molar-refractivity contribution in [3.05, 3.63) is 0 Å². The number of urea groups is 1. The number of likely N-dealkylation sites (tertiary alicyclic amines) is 1. The van der Waals surface area contributed by atoms with Crippen molar-refractivity contribution < 1.29 is 19.8 Å². The van der Waals surface area contributed by atoms with E-state index in [4.69, 9.17) is 10.2 Å². The Morgan fingerprint density at radius 1 is 1.50 bits per heavy atom. The summed E-state index contributed by atoms with van der Waals surface area (Å²) in [6.07, 6.45) is 3.15. The smallest absolute Gasteiger partial charge is 0.326 e. The number of carbonyl (C=O) groups is 2. The molecular formula is C12H22N2O4. The van der Waals surface area contributed by atoms with Crippen molar-refractivity contribution in [2.45, 2.75) is 38.6 Å². The van der Waals surface area contributed by atoms with E-state index in [1.54, 1.807) is 4.90 Å². The van der Waals surface area contributed by atoms with Gasteiger partial charge in [0.25, 0.3) is 0 Å². The topological polar surface area (TPSA) is 89.9 Å². The highest BCUT2D eigenvalue weighted by Crippen LogP contribution is 2.19. The van der Waals surface area contributed by atoms with Crippen molar-refractivity contribution in [3.8, 4) is 0 Å². The fraction of sp³-hybridized carbons (Fsp3) is 0.833. The lowest BCUT2D eigenvalue weighted by atomic mass is 9.96. The molecule has 6 nitrogen and oxygen atoms in total. The van der Waals surface area contributed by atoms with Gasteiger partial charge in [0, 0.05) is 26.1 Å². The normalized spacial score (nSPS) is 21.4. The Hall–Kier alpha value is -1.30. The van der Waals surface area contributed by atoms with E-state index < -0.39 is 12.0 Å². The van der Waals surface area contributed by atoms with Crippen LogP contribution in [-0.4, -0.2) is 52.9 Å². The van der Waals surface area contributed by atoms with Gasteiger partial charge in [0.05, 0.1) is 0 Å². The highest BCUT2D eigenvalue weighted by molar-refractivity contribution is 5.82. The Balaban J connectivity index is 2.50. The molecule has 3 N–H and O–H groups in total. The van der Waals surface area contributed by atoms with E-state index >= 15 is 0 Å². The number of hydrogen-bond donors (Lipinski definition) is 3. The molecule has 1 heterocycles. The fourth-order valence-electron chi connectivity index (χ4n) is 2.21. The Morgan fingerprint density at radius 2 is 2.22 bits per heavy atom. The van der Waals surface area contributed by atoms with Crippen LogP contribution in [0.5, 0.6) is 0 Å². The van der Waals surface area contributed by atoms with Gasteiger partial charge in [-0.05, 0) is 18.8 Å². The van der Waals surface area contributed by atoms with Gasteiger partial charge >= 0.3 is 12.0 Å². The van der Waals surface area contributed by atoms with Crippen LogP contribution in [0, 0.1) is 5.92 Å². The molecule has 1 unspecified atom stereocenters. The van der Waals surface area contributed by atoms with Gasteiger partial charge in [-0.1, -0.05) is 13.3 Å². The quantitative estimate of drug-likeness (QED) is 0.675. The molecule has 0 radical (unpaired) electrons. The van der Waals surface area contributed by atoms with Crippen LogP contribution in [0.25, 0.3) is 0 Å². The van der Waals surface area contributed by atoms with E-state index in [0.29, 0.717) is 19.0 Å². The number of rotatable bonds is 5. The van der Waals surface area contributed by atoms with Crippen LogP contribution in [0.1, 0.15) is 32.6 Å². The molecule has 0 spiro atoms. The predicted molar refractivity (Wildman–Crippen MR) is 66.2 cm³/mol. The van der Waals surface area contributed by atoms with E-state index in [1.165, 1.54) is 0 Å². The SMILES string of the molecule is CCC1CCCN(C(=O)N[C@H](CCO)C(=O)O)C1. The summed E-state index contributed by atoms with van der Waals surface area (Å²) in [5.74, 6) is -0.605. The van der Waals surface area contributed by atoms with E-state index in [0.717, 1.165) is 19.3 Å². The maximum atomic E-state index is 11.9. The summed E-state index contributed by atoms with van der Waals surface area (Å²) >= 11 is 0. The molecule has 1 saturated heterocycles. The average Bonchev–Trinajstić information content (AvgIpc) is 2.38. The van der Waals surface area contributed by atoms with Gasteiger partial charge in [0.2, 0.25) is 0 Å². The number of aliphatic hydroxyl groups excluding tert-OH is 1. The zero-order chi connectivity index (χ0) is 13.5. The fourth-order valence-corrected chi connectivity index (χ4v) is 2.21. The number of aliphatic hydroxyl groups is 1. The third-order valence-electron chi connectivity index (χ3n) is 3.40. The molecule has 1 fully saturated rings. The minimum Gasteiger partial charge on any atom is -0.480 e. The van der Waals surface area contributed by atoms with Gasteiger partial charge in [0.15, 0.2) is 0 Å². The van der Waals surface area contributed by atoms with Gasteiger partial charge < -0.3 is 20.4 Å². The monoisotopic (exact) mass is 258 g/mol. The molecule has 1 aliphatic heterocycles. The van der Waals surface area contributed by atoms with E-state index in [2.05, 4.69) is 12.2 Å². The van der Waals surface area contributed by atoms with E-state index in [-0.39, 0.29) is 19.1 Å². The molecule has 2 atom stereocenters. The predicted octanol–water partition coefficient (Wildman–Crippen LogP) is 0.654. The van der Waals surface area contributed by atoms with Crippen molar-refractivity contribution in [2.24, 2.45) is 5.92 Å². The first-order valence-electron chi connectivity index (χ1n) is 6.47. The van der Waals surface area contributed by atoms with Crippen molar-refractivity contribution in [2.75, 3.05) is 19.7 Å². The molecular weight excluding hydrogens is 236 g/mol. The molecule has 1 aliphatic rings. The van der Waals surface area contributed by atoms with Gasteiger partial charge in [0.1, 0.15) is 6.04 Å². The van der Waals surface area contributed by atoms with Crippen LogP contribution in [0.15, 0.2) is 0 Å². The van der Waals surface area contributed by atoms with Gasteiger partial charge in [-0.3, -0.25) is 0 Å². The van der Waals surface area contributed by atoms with Crippen molar-refractivity contribution in [3.63, 3.8) is 0 Å². The zero-order valence-corrected chi connectivity index (χ0v) is 10.8. The third-order valence-corrected chi connectivity index (χ3v) is 3.40. The number of nitrogens with zero attached hydrogens (tertiary/aromatic N) is 1. The van der Waals surface area contributed by atoms with Crippen LogP contribution in [0.4, 0.5) is 4.79 Å². The number of amides is 2. The number of carboxylic acids is 1. The molecule has 18 heavy (non-hydrogen) atoms. The average molecular weight is 258 g/mol. The Bertz CT molecular complexity index is 296. The molecule has 104 valence electrons. The molecule has 0 aromatic heterocycles. The summed E-state index contributed by atoms with van der Waals surface area (Å²) in [5.41, 5.74) is 0. The van der Waals surface area contributed by atoms with Crippen LogP contribution in [-0.2, 0) is 4.79 Å². The molecule has 0 aromatic carbocycles. The molecule has 0 saturated carbocycles. The molecule has 6 heteroatoms. The number of carbonyl (C=O) groups excluding carboxylic acids is 1. The number of piperidine rings is 1. The maximum Gasteiger partial charge on any atom is 0.326 e. The molecule has 0 bridgehead atoms. The maximum absolute atomic E-state index is 11.9. The lowest BCUT2D eigenvalue weighted by Gasteiger charge is -2.33. The van der Waals surface area contributed by atoms with Crippen molar-refractivity contribution >= 4 is 12.0 Å². The summed E-state index contributed by atoms with van der Waals surface area (Å²) in [6.45, 7) is 3.20. The highest BCUT2D eigenvalue weighted by Gasteiger charge is 2.26. The highest BCUT2D eigenvalue weighted by atomic mass is 16.4. The Kier molecular flexibility index (Phi) is 5.91. The number of aliphatic carboxylic acids is 1. The zero-order valence-electron chi connectivity index (χ0n) is 10.8. The Labute approximate surface area is 107 Å². The lowest BCUT2D eigenvalue weighted by molar-refractivity contribution is -0.139. The van der Waals surface area contributed by atoms with E-state index in [1.807, 2.05) is 0 Å². The molecule has 1 rings (SSSR count). The van der Waals surface area contributed by atoms with Gasteiger partial charge in [-0.2, -0.15) is 0 Å². The van der Waals surface area contributed by atoms with Crippen LogP contribution in [0.3, 0.4) is 0 Å². The second-order valence-corrected chi connectivity index (χ2v) is 4.72. The van der Waals surface area contributed by atoms with Gasteiger partial charge in [-0.15, -0.1) is 0 Å². The second kappa shape index (κ2) is 7.20. The first kappa shape index (κ1) is 14.8. The van der Waals surface area contributed by atoms with Crippen LogP contribution in [0.2, 0.25) is 0 Å². The largest absolute Gasteiger partial charge is 0.480 e. The van der Waals surface area contributed by atoms with Crippen LogP contribution < -0.4 is 5.32 Å². The minimum absolute atomic E-state index is 0.0338. The summed E-state index contributed by atoms with van der Waals surface area (Å²) in [7, 11) is 0. The van der Waals surface area contributed by atoms with E-state index in [9.17, 15) is 9.59 Å². The first-order chi connectivity index (χ1) is 8.58. The molecule has 0 aliphatic carbocycles. The number of carboxylic acid groups (broad SMARTS) is 1. The minimum atomic E-state index is -1.11. The summed E-state index contributed by atoms with van der Waals surface area (Å²) in [6, 6.07) is -1.35. The second-order valence-electron chi connectivity index (χ2n) is 4.72. The van der Waals surface area contributed by atoms with Crippen molar-refractivity contribution in [1.29, 1.82) is 0 Å². The number of hydrogen-bond acceptors (Lipinski definition) is 3. The molecule has 2 amide bonds. The number of nitrogens with one attached hydrogen (secondary N) is 1. The third kappa shape index (κ3) is 4.18.